The van der Waals surface area contributed by atoms with Gasteiger partial charge < -0.3 is 8.94 Å². The number of pyridine rings is 1. The van der Waals surface area contributed by atoms with Gasteiger partial charge in [-0.15, -0.1) is 0 Å². The van der Waals surface area contributed by atoms with E-state index in [1.165, 1.54) is 24.3 Å². The molecule has 5 rings (SSSR count). The van der Waals surface area contributed by atoms with Crippen molar-refractivity contribution in [2.24, 2.45) is 0 Å². The van der Waals surface area contributed by atoms with Crippen molar-refractivity contribution in [1.82, 2.24) is 10.1 Å². The Morgan fingerprint density at radius 3 is 2.57 bits per heavy atom. The lowest BCUT2D eigenvalue weighted by Gasteiger charge is -2.08. The third-order valence-corrected chi connectivity index (χ3v) is 4.68. The van der Waals surface area contributed by atoms with Crippen LogP contribution in [0.5, 0.6) is 0 Å². The predicted molar refractivity (Wildman–Crippen MR) is 99.9 cm³/mol. The van der Waals surface area contributed by atoms with Crippen molar-refractivity contribution in [3.63, 3.8) is 0 Å². The van der Waals surface area contributed by atoms with Crippen LogP contribution >= 0.6 is 0 Å². The first-order chi connectivity index (χ1) is 13.5. The second-order valence-corrected chi connectivity index (χ2v) is 6.38. The first-order valence-corrected chi connectivity index (χ1v) is 8.46. The molecule has 2 aromatic carbocycles. The Balaban J connectivity index is 1.99. The molecule has 136 valence electrons. The molecule has 0 bridgehead atoms. The summed E-state index contributed by atoms with van der Waals surface area (Å²) in [6.45, 7) is 1.66. The summed E-state index contributed by atoms with van der Waals surface area (Å²) in [5.74, 6) is -0.931. The van der Waals surface area contributed by atoms with E-state index in [0.717, 1.165) is 0 Å². The number of carbonyl (C=O) groups is 1. The summed E-state index contributed by atoms with van der Waals surface area (Å²) in [6.07, 6.45) is 0. The minimum atomic E-state index is -0.686. The van der Waals surface area contributed by atoms with Crippen LogP contribution in [0.2, 0.25) is 0 Å². The molecule has 3 aromatic heterocycles. The summed E-state index contributed by atoms with van der Waals surface area (Å²) in [5.41, 5.74) is 0.834. The minimum absolute atomic E-state index is 0.0480. The molecule has 5 aromatic rings. The van der Waals surface area contributed by atoms with Gasteiger partial charge in [0.15, 0.2) is 5.78 Å². The number of ketones is 1. The lowest BCUT2D eigenvalue weighted by molar-refractivity contribution is 0.104. The predicted octanol–water partition coefficient (Wildman–Crippen LogP) is 4.16. The van der Waals surface area contributed by atoms with Gasteiger partial charge in [0.1, 0.15) is 11.4 Å². The van der Waals surface area contributed by atoms with Gasteiger partial charge in [0.05, 0.1) is 27.5 Å². The van der Waals surface area contributed by atoms with Crippen LogP contribution in [0.15, 0.2) is 62.3 Å². The van der Waals surface area contributed by atoms with E-state index in [4.69, 9.17) is 8.94 Å². The molecule has 7 heteroatoms. The Bertz CT molecular complexity index is 1470. The zero-order chi connectivity index (χ0) is 19.4. The van der Waals surface area contributed by atoms with Crippen LogP contribution in [0.25, 0.3) is 33.0 Å². The summed E-state index contributed by atoms with van der Waals surface area (Å²) in [4.78, 5) is 30.6. The minimum Gasteiger partial charge on any atom is -0.422 e. The number of aryl methyl sites for hydroxylation is 1. The van der Waals surface area contributed by atoms with Crippen LogP contribution < -0.4 is 5.63 Å². The molecule has 0 amide bonds. The molecule has 28 heavy (non-hydrogen) atoms. The van der Waals surface area contributed by atoms with Crippen molar-refractivity contribution in [1.29, 1.82) is 0 Å². The number of fused-ring (bicyclic) bond motifs is 4. The van der Waals surface area contributed by atoms with Crippen LogP contribution in [0, 0.1) is 12.7 Å². The number of aromatic nitrogens is 2. The summed E-state index contributed by atoms with van der Waals surface area (Å²) in [7, 11) is 0. The quantitative estimate of drug-likeness (QED) is 0.262. The van der Waals surface area contributed by atoms with E-state index in [-0.39, 0.29) is 22.2 Å². The van der Waals surface area contributed by atoms with Crippen molar-refractivity contribution in [3.05, 3.63) is 81.6 Å². The van der Waals surface area contributed by atoms with Crippen LogP contribution in [0.3, 0.4) is 0 Å². The Morgan fingerprint density at radius 1 is 1.04 bits per heavy atom. The zero-order valence-corrected chi connectivity index (χ0v) is 14.5. The molecule has 0 unspecified atom stereocenters. The van der Waals surface area contributed by atoms with Gasteiger partial charge in [0, 0.05) is 10.9 Å². The lowest BCUT2D eigenvalue weighted by Crippen LogP contribution is -2.11. The van der Waals surface area contributed by atoms with E-state index in [2.05, 4.69) is 10.1 Å². The van der Waals surface area contributed by atoms with Gasteiger partial charge in [0.2, 0.25) is 0 Å². The highest BCUT2D eigenvalue weighted by Gasteiger charge is 2.26. The molecule has 0 radical (unpaired) electrons. The molecular formula is C21H11FN2O4. The van der Waals surface area contributed by atoms with E-state index in [1.54, 1.807) is 31.2 Å². The van der Waals surface area contributed by atoms with Crippen molar-refractivity contribution >= 4 is 38.8 Å². The number of carbonyl (C=O) groups excluding carboxylic acids is 1. The smallest absolute Gasteiger partial charge is 0.346 e. The highest BCUT2D eigenvalue weighted by atomic mass is 19.1. The zero-order valence-electron chi connectivity index (χ0n) is 14.5. The Labute approximate surface area is 156 Å². The number of nitrogens with zero attached hydrogens (tertiary/aromatic N) is 2. The second kappa shape index (κ2) is 5.82. The van der Waals surface area contributed by atoms with Gasteiger partial charge in [-0.05, 0) is 43.3 Å². The standard InChI is InChI=1S/C21H11FN2O4/c1-10-15-16(19(25)11-6-8-12(22)9-7-11)17-18(23-20(15)28-24-10)13-4-2-3-5-14(13)27-21(17)26/h2-9H,1H3. The molecule has 0 spiro atoms. The summed E-state index contributed by atoms with van der Waals surface area (Å²) >= 11 is 0. The van der Waals surface area contributed by atoms with Crippen LogP contribution in [-0.4, -0.2) is 15.9 Å². The molecule has 0 saturated heterocycles. The number of hydrogen-bond donors (Lipinski definition) is 0. The highest BCUT2D eigenvalue weighted by Crippen LogP contribution is 2.32. The molecule has 0 atom stereocenters. The van der Waals surface area contributed by atoms with Gasteiger partial charge in [-0.2, -0.15) is 0 Å². The van der Waals surface area contributed by atoms with E-state index < -0.39 is 17.2 Å². The second-order valence-electron chi connectivity index (χ2n) is 6.38. The van der Waals surface area contributed by atoms with Gasteiger partial charge in [0.25, 0.3) is 5.71 Å². The van der Waals surface area contributed by atoms with Gasteiger partial charge in [-0.25, -0.2) is 14.2 Å². The average Bonchev–Trinajstić information content (AvgIpc) is 3.07. The van der Waals surface area contributed by atoms with E-state index in [0.29, 0.717) is 27.6 Å². The van der Waals surface area contributed by atoms with E-state index in [1.807, 2.05) is 0 Å². The molecule has 6 nitrogen and oxygen atoms in total. The Hall–Kier alpha value is -3.87. The van der Waals surface area contributed by atoms with Crippen molar-refractivity contribution in [2.75, 3.05) is 0 Å². The first kappa shape index (κ1) is 16.3. The third-order valence-electron chi connectivity index (χ3n) is 4.68. The summed E-state index contributed by atoms with van der Waals surface area (Å²) in [5, 5.41) is 4.85. The van der Waals surface area contributed by atoms with E-state index in [9.17, 15) is 14.0 Å². The summed E-state index contributed by atoms with van der Waals surface area (Å²) in [6, 6.07) is 12.0. The number of halogens is 1. The fraction of sp³-hybridized carbons (Fsp3) is 0.0476. The number of rotatable bonds is 2. The van der Waals surface area contributed by atoms with Gasteiger partial charge >= 0.3 is 5.63 Å². The number of hydrogen-bond acceptors (Lipinski definition) is 6. The molecule has 3 heterocycles. The van der Waals surface area contributed by atoms with Gasteiger partial charge in [-0.1, -0.05) is 17.3 Å². The molecule has 0 aliphatic carbocycles. The lowest BCUT2D eigenvalue weighted by atomic mass is 9.96. The van der Waals surface area contributed by atoms with Crippen LogP contribution in [0.1, 0.15) is 21.6 Å². The van der Waals surface area contributed by atoms with Crippen LogP contribution in [-0.2, 0) is 0 Å². The molecular weight excluding hydrogens is 363 g/mol. The maximum absolute atomic E-state index is 13.3. The number of para-hydroxylation sites is 1. The first-order valence-electron chi connectivity index (χ1n) is 8.46. The molecule has 0 fully saturated rings. The van der Waals surface area contributed by atoms with E-state index >= 15 is 0 Å². The molecule has 0 N–H and O–H groups in total. The molecule has 0 saturated carbocycles. The number of benzene rings is 2. The maximum atomic E-state index is 13.3. The summed E-state index contributed by atoms with van der Waals surface area (Å²) < 4.78 is 24.0. The fourth-order valence-electron chi connectivity index (χ4n) is 3.39. The topological polar surface area (TPSA) is 86.2 Å². The van der Waals surface area contributed by atoms with Crippen molar-refractivity contribution in [2.45, 2.75) is 6.92 Å². The largest absolute Gasteiger partial charge is 0.422 e. The van der Waals surface area contributed by atoms with Crippen LogP contribution in [0.4, 0.5) is 4.39 Å². The average molecular weight is 374 g/mol. The van der Waals surface area contributed by atoms with Crippen molar-refractivity contribution < 1.29 is 18.1 Å². The SMILES string of the molecule is Cc1noc2nc3c(c(C(=O)c4ccc(F)cc4)c12)c(=O)oc1ccccc13. The highest BCUT2D eigenvalue weighted by molar-refractivity contribution is 6.24. The Kier molecular flexibility index (Phi) is 3.39. The molecule has 0 aliphatic heterocycles. The molecule has 0 aliphatic rings. The fourth-order valence-corrected chi connectivity index (χ4v) is 3.39. The monoisotopic (exact) mass is 374 g/mol. The van der Waals surface area contributed by atoms with Gasteiger partial charge in [-0.3, -0.25) is 4.79 Å². The normalized spacial score (nSPS) is 11.5. The van der Waals surface area contributed by atoms with Crippen molar-refractivity contribution in [3.8, 4) is 0 Å². The maximum Gasteiger partial charge on any atom is 0.346 e. The Morgan fingerprint density at radius 2 is 1.79 bits per heavy atom. The third kappa shape index (κ3) is 2.26.